The molecule has 3 aliphatic rings. The average molecular weight is 516 g/mol. The van der Waals surface area contributed by atoms with E-state index in [2.05, 4.69) is 10.6 Å². The Hall–Kier alpha value is -3.42. The van der Waals surface area contributed by atoms with Crippen molar-refractivity contribution >= 4 is 50.5 Å². The summed E-state index contributed by atoms with van der Waals surface area (Å²) >= 11 is 4.98. The summed E-state index contributed by atoms with van der Waals surface area (Å²) in [5.41, 5.74) is 0.115. The molecule has 2 aromatic carbocycles. The summed E-state index contributed by atoms with van der Waals surface area (Å²) in [5, 5.41) is 16.2. The second-order valence-corrected chi connectivity index (χ2v) is 11.2. The molecule has 2 aromatic rings. The van der Waals surface area contributed by atoms with Crippen molar-refractivity contribution < 1.29 is 22.9 Å². The van der Waals surface area contributed by atoms with Gasteiger partial charge in [0.15, 0.2) is 10.5 Å². The van der Waals surface area contributed by atoms with Crippen LogP contribution < -0.4 is 15.5 Å². The number of amides is 2. The van der Waals surface area contributed by atoms with Crippen LogP contribution in [0.2, 0.25) is 0 Å². The molecule has 2 fully saturated rings. The number of hydrogen-bond donors (Lipinski definition) is 2. The van der Waals surface area contributed by atoms with Crippen molar-refractivity contribution in [2.24, 2.45) is 5.41 Å². The first kappa shape index (κ1) is 23.3. The van der Waals surface area contributed by atoms with Crippen LogP contribution in [0.4, 0.5) is 11.4 Å². The van der Waals surface area contributed by atoms with Crippen LogP contribution >= 0.6 is 12.2 Å². The van der Waals surface area contributed by atoms with Gasteiger partial charge in [0.05, 0.1) is 15.9 Å². The predicted octanol–water partition coefficient (Wildman–Crippen LogP) is 0.856. The molecule has 0 saturated carbocycles. The summed E-state index contributed by atoms with van der Waals surface area (Å²) < 4.78 is 28.2. The molecular formula is C22H21N5O6S2. The predicted molar refractivity (Wildman–Crippen MR) is 129 cm³/mol. The first-order valence-corrected chi connectivity index (χ1v) is 12.7. The van der Waals surface area contributed by atoms with Crippen LogP contribution in [0.1, 0.15) is 11.1 Å². The highest BCUT2D eigenvalue weighted by Crippen LogP contribution is 2.45. The monoisotopic (exact) mass is 515 g/mol. The SMILES string of the molecule is Cc1ccc(S(=O)(=O)N2CCN3c4ccc([N+](=O)[O-])cc4CC4(C(=O)NC(=S)NC4=O)C3C2)cc1. The van der Waals surface area contributed by atoms with Gasteiger partial charge in [0.25, 0.3) is 5.69 Å². The van der Waals surface area contributed by atoms with Crippen LogP contribution in [-0.2, 0) is 26.0 Å². The normalized spacial score (nSPS) is 21.7. The fraction of sp³-hybridized carbons (Fsp3) is 0.318. The van der Waals surface area contributed by atoms with Crippen molar-refractivity contribution in [3.63, 3.8) is 0 Å². The maximum atomic E-state index is 13.4. The number of aryl methyl sites for hydroxylation is 1. The molecule has 0 aliphatic carbocycles. The zero-order valence-corrected chi connectivity index (χ0v) is 20.2. The first-order chi connectivity index (χ1) is 16.5. The number of nitrogens with zero attached hydrogens (tertiary/aromatic N) is 3. The van der Waals surface area contributed by atoms with Gasteiger partial charge in [0, 0.05) is 43.9 Å². The molecule has 35 heavy (non-hydrogen) atoms. The summed E-state index contributed by atoms with van der Waals surface area (Å²) in [7, 11) is -3.90. The van der Waals surface area contributed by atoms with Gasteiger partial charge in [-0.15, -0.1) is 0 Å². The molecule has 1 atom stereocenters. The number of anilines is 1. The molecule has 1 unspecified atom stereocenters. The lowest BCUT2D eigenvalue weighted by Gasteiger charge is -2.54. The van der Waals surface area contributed by atoms with Crippen molar-refractivity contribution in [1.82, 2.24) is 14.9 Å². The number of carbonyl (C=O) groups excluding carboxylic acids is 2. The van der Waals surface area contributed by atoms with E-state index in [1.54, 1.807) is 23.1 Å². The van der Waals surface area contributed by atoms with E-state index in [0.29, 0.717) is 11.3 Å². The molecule has 5 rings (SSSR count). The molecule has 11 nitrogen and oxygen atoms in total. The highest BCUT2D eigenvalue weighted by Gasteiger charge is 2.61. The van der Waals surface area contributed by atoms with Gasteiger partial charge >= 0.3 is 0 Å². The summed E-state index contributed by atoms with van der Waals surface area (Å²) in [5.74, 6) is -1.32. The maximum absolute atomic E-state index is 13.4. The van der Waals surface area contributed by atoms with Crippen molar-refractivity contribution in [2.45, 2.75) is 24.3 Å². The lowest BCUT2D eigenvalue weighted by Crippen LogP contribution is -2.74. The van der Waals surface area contributed by atoms with E-state index in [1.165, 1.54) is 28.6 Å². The summed E-state index contributed by atoms with van der Waals surface area (Å²) in [6.45, 7) is 2.03. The molecular weight excluding hydrogens is 494 g/mol. The number of sulfonamides is 1. The molecule has 3 aliphatic heterocycles. The fourth-order valence-electron chi connectivity index (χ4n) is 5.10. The molecule has 0 aromatic heterocycles. The zero-order chi connectivity index (χ0) is 25.1. The van der Waals surface area contributed by atoms with Crippen molar-refractivity contribution in [2.75, 3.05) is 24.5 Å². The Morgan fingerprint density at radius 2 is 1.74 bits per heavy atom. The molecule has 3 heterocycles. The molecule has 0 bridgehead atoms. The lowest BCUT2D eigenvalue weighted by molar-refractivity contribution is -0.384. The maximum Gasteiger partial charge on any atom is 0.269 e. The minimum atomic E-state index is -3.90. The van der Waals surface area contributed by atoms with Gasteiger partial charge in [-0.2, -0.15) is 4.31 Å². The van der Waals surface area contributed by atoms with Crippen LogP contribution in [-0.4, -0.2) is 60.2 Å². The number of non-ortho nitro benzene ring substituents is 1. The average Bonchev–Trinajstić information content (AvgIpc) is 2.81. The molecule has 13 heteroatoms. The third-order valence-electron chi connectivity index (χ3n) is 6.89. The van der Waals surface area contributed by atoms with Crippen LogP contribution in [0.3, 0.4) is 0 Å². The lowest BCUT2D eigenvalue weighted by atomic mass is 9.68. The summed E-state index contributed by atoms with van der Waals surface area (Å²) in [6.07, 6.45) is -0.135. The van der Waals surface area contributed by atoms with Gasteiger partial charge in [-0.1, -0.05) is 17.7 Å². The third kappa shape index (κ3) is 3.58. The molecule has 182 valence electrons. The Balaban J connectivity index is 1.61. The largest absolute Gasteiger partial charge is 0.364 e. The molecule has 0 radical (unpaired) electrons. The fourth-order valence-corrected chi connectivity index (χ4v) is 6.72. The topological polar surface area (TPSA) is 142 Å². The Kier molecular flexibility index (Phi) is 5.38. The van der Waals surface area contributed by atoms with Crippen molar-refractivity contribution in [3.8, 4) is 0 Å². The van der Waals surface area contributed by atoms with E-state index in [4.69, 9.17) is 12.2 Å². The number of piperazine rings is 1. The van der Waals surface area contributed by atoms with Gasteiger partial charge in [-0.3, -0.25) is 19.7 Å². The van der Waals surface area contributed by atoms with E-state index in [0.717, 1.165) is 5.56 Å². The number of nitro groups is 1. The molecule has 1 spiro atoms. The number of rotatable bonds is 3. The zero-order valence-electron chi connectivity index (χ0n) is 18.6. The van der Waals surface area contributed by atoms with E-state index in [-0.39, 0.29) is 41.8 Å². The summed E-state index contributed by atoms with van der Waals surface area (Å²) in [4.78, 5) is 39.4. The molecule has 2 saturated heterocycles. The van der Waals surface area contributed by atoms with Crippen LogP contribution in [0.25, 0.3) is 0 Å². The molecule has 2 N–H and O–H groups in total. The number of thiocarbonyl (C=S) groups is 1. The van der Waals surface area contributed by atoms with Gasteiger partial charge in [0.1, 0.15) is 0 Å². The van der Waals surface area contributed by atoms with Crippen LogP contribution in [0.15, 0.2) is 47.4 Å². The number of nitro benzene ring substituents is 1. The van der Waals surface area contributed by atoms with E-state index >= 15 is 0 Å². The highest BCUT2D eigenvalue weighted by atomic mass is 32.2. The van der Waals surface area contributed by atoms with E-state index in [1.807, 2.05) is 6.92 Å². The number of carbonyl (C=O) groups is 2. The van der Waals surface area contributed by atoms with Crippen molar-refractivity contribution in [1.29, 1.82) is 0 Å². The third-order valence-corrected chi connectivity index (χ3v) is 8.97. The van der Waals surface area contributed by atoms with E-state index < -0.39 is 38.2 Å². The highest BCUT2D eigenvalue weighted by molar-refractivity contribution is 7.89. The van der Waals surface area contributed by atoms with Gasteiger partial charge in [-0.25, -0.2) is 8.42 Å². The second-order valence-electron chi connectivity index (χ2n) is 8.84. The van der Waals surface area contributed by atoms with Crippen LogP contribution in [0.5, 0.6) is 0 Å². The van der Waals surface area contributed by atoms with Gasteiger partial charge in [-0.05, 0) is 42.9 Å². The van der Waals surface area contributed by atoms with Gasteiger partial charge < -0.3 is 15.5 Å². The number of fused-ring (bicyclic) bond motifs is 4. The minimum absolute atomic E-state index is 0.112. The quantitative estimate of drug-likeness (QED) is 0.265. The second kappa shape index (κ2) is 8.07. The molecule has 2 amide bonds. The summed E-state index contributed by atoms with van der Waals surface area (Å²) in [6, 6.07) is 9.92. The van der Waals surface area contributed by atoms with E-state index in [9.17, 15) is 28.1 Å². The minimum Gasteiger partial charge on any atom is -0.364 e. The Bertz CT molecular complexity index is 1370. The Labute approximate surface area is 206 Å². The smallest absolute Gasteiger partial charge is 0.269 e. The number of benzene rings is 2. The Morgan fingerprint density at radius 1 is 1.09 bits per heavy atom. The first-order valence-electron chi connectivity index (χ1n) is 10.8. The van der Waals surface area contributed by atoms with Gasteiger partial charge in [0.2, 0.25) is 21.8 Å². The van der Waals surface area contributed by atoms with Crippen LogP contribution in [0, 0.1) is 22.5 Å². The number of hydrogen-bond acceptors (Lipinski definition) is 8. The number of nitrogens with one attached hydrogen (secondary N) is 2. The standard InChI is InChI=1S/C22H21N5O6S2/c1-13-2-5-16(6-3-13)35(32,33)25-8-9-26-17-7-4-15(27(30)31)10-14(17)11-22(18(26)12-25)19(28)23-21(34)24-20(22)29/h2-7,10,18H,8-9,11-12H2,1H3,(H2,23,24,28,29,34). The Morgan fingerprint density at radius 3 is 2.37 bits per heavy atom. The van der Waals surface area contributed by atoms with Crippen molar-refractivity contribution in [3.05, 3.63) is 63.7 Å².